The minimum atomic E-state index is -1.16. The SMILES string of the molecule is CCCCCCCCCCCCCCCC(=O)N(O)CCCC[C@H](NC(=O)[C@@H]1COC(c2ccc(N)cc2O)=N1)C(=O)O[C@H](C)CC(=O)N[C@H]1CCCCN(O)C1=O. The summed E-state index contributed by atoms with van der Waals surface area (Å²) < 4.78 is 11.1. The topological polar surface area (TPSA) is 233 Å². The molecule has 0 spiro atoms. The zero-order chi connectivity index (χ0) is 42.3. The minimum absolute atomic E-state index is 0.0411. The number of phenolic OH excluding ortho intramolecular Hbond substituents is 1. The summed E-state index contributed by atoms with van der Waals surface area (Å²) in [4.78, 5) is 68.8. The highest BCUT2D eigenvalue weighted by atomic mass is 16.5. The quantitative estimate of drug-likeness (QED) is 0.0208. The lowest BCUT2D eigenvalue weighted by Crippen LogP contribution is -2.48. The molecule has 16 nitrogen and oxygen atoms in total. The summed E-state index contributed by atoms with van der Waals surface area (Å²) in [5.41, 5.74) is 6.30. The van der Waals surface area contributed by atoms with Crippen LogP contribution in [-0.4, -0.2) is 105 Å². The van der Waals surface area contributed by atoms with Crippen molar-refractivity contribution < 1.29 is 49.0 Å². The molecule has 3 rings (SSSR count). The van der Waals surface area contributed by atoms with Gasteiger partial charge in [0.25, 0.3) is 5.91 Å². The molecule has 7 N–H and O–H groups in total. The molecule has 0 bridgehead atoms. The molecule has 0 aliphatic carbocycles. The Hall–Kier alpha value is -4.44. The lowest BCUT2D eigenvalue weighted by Gasteiger charge is -2.23. The number of hydroxylamine groups is 4. The van der Waals surface area contributed by atoms with Crippen molar-refractivity contribution >= 4 is 41.2 Å². The van der Waals surface area contributed by atoms with Gasteiger partial charge in [0.2, 0.25) is 23.6 Å². The summed E-state index contributed by atoms with van der Waals surface area (Å²) in [6.07, 6.45) is 16.9. The summed E-state index contributed by atoms with van der Waals surface area (Å²) >= 11 is 0. The Kier molecular flexibility index (Phi) is 21.9. The number of anilines is 1. The smallest absolute Gasteiger partial charge is 0.328 e. The number of nitrogen functional groups attached to an aromatic ring is 1. The number of rotatable bonds is 27. The van der Waals surface area contributed by atoms with Gasteiger partial charge in [-0.2, -0.15) is 0 Å². The Morgan fingerprint density at radius 1 is 0.983 bits per heavy atom. The van der Waals surface area contributed by atoms with Crippen molar-refractivity contribution in [3.8, 4) is 5.75 Å². The zero-order valence-electron chi connectivity index (χ0n) is 34.6. The highest BCUT2D eigenvalue weighted by Gasteiger charge is 2.33. The number of hydrogen-bond acceptors (Lipinski definition) is 12. The standard InChI is InChI=1S/C42H68N6O10/c1-3-4-5-6-7-8-9-10-11-12-13-14-15-22-38(51)47(55)25-18-17-21-34(45-39(52)35-29-57-40(46-35)32-24-23-31(43)28-36(32)49)42(54)58-30(2)27-37(50)44-33-20-16-19-26-48(56)41(33)53/h23-24,28,30,33-35,49,55-56H,3-22,25-27,29,43H2,1-2H3,(H,44,50)(H,45,52)/t30-,33+,34+,35+/m1/s1. The van der Waals surface area contributed by atoms with E-state index in [0.29, 0.717) is 54.3 Å². The van der Waals surface area contributed by atoms with Gasteiger partial charge in [-0.15, -0.1) is 0 Å². The number of benzene rings is 1. The maximum absolute atomic E-state index is 13.4. The van der Waals surface area contributed by atoms with Gasteiger partial charge < -0.3 is 30.9 Å². The first kappa shape index (κ1) is 47.9. The van der Waals surface area contributed by atoms with E-state index in [1.54, 1.807) is 6.07 Å². The van der Waals surface area contributed by atoms with Crippen molar-refractivity contribution in [1.82, 2.24) is 20.8 Å². The van der Waals surface area contributed by atoms with Crippen LogP contribution in [0, 0.1) is 0 Å². The third-order valence-corrected chi connectivity index (χ3v) is 10.5. The number of aromatic hydroxyl groups is 1. The number of esters is 1. The van der Waals surface area contributed by atoms with Crippen molar-refractivity contribution in [2.75, 3.05) is 25.4 Å². The van der Waals surface area contributed by atoms with Crippen LogP contribution in [0.15, 0.2) is 23.2 Å². The molecule has 58 heavy (non-hydrogen) atoms. The number of ether oxygens (including phenoxy) is 2. The molecule has 0 saturated carbocycles. The first-order chi connectivity index (χ1) is 27.9. The Morgan fingerprint density at radius 3 is 2.29 bits per heavy atom. The van der Waals surface area contributed by atoms with Gasteiger partial charge in [-0.3, -0.25) is 29.6 Å². The predicted octanol–water partition coefficient (Wildman–Crippen LogP) is 5.68. The number of carbonyl (C=O) groups is 5. The van der Waals surface area contributed by atoms with Gasteiger partial charge >= 0.3 is 5.97 Å². The third-order valence-electron chi connectivity index (χ3n) is 10.5. The van der Waals surface area contributed by atoms with Crippen molar-refractivity contribution in [2.45, 2.75) is 173 Å². The number of unbranched alkanes of at least 4 members (excludes halogenated alkanes) is 13. The first-order valence-corrected chi connectivity index (χ1v) is 21.5. The Bertz CT molecular complexity index is 1490. The third kappa shape index (κ3) is 17.6. The van der Waals surface area contributed by atoms with E-state index >= 15 is 0 Å². The summed E-state index contributed by atoms with van der Waals surface area (Å²) in [6.45, 7) is 3.83. The average Bonchev–Trinajstić information content (AvgIpc) is 3.62. The van der Waals surface area contributed by atoms with Gasteiger partial charge in [-0.05, 0) is 64.0 Å². The van der Waals surface area contributed by atoms with Crippen LogP contribution in [0.25, 0.3) is 0 Å². The van der Waals surface area contributed by atoms with Crippen LogP contribution in [0.4, 0.5) is 5.69 Å². The van der Waals surface area contributed by atoms with Crippen LogP contribution < -0.4 is 16.4 Å². The van der Waals surface area contributed by atoms with Crippen LogP contribution >= 0.6 is 0 Å². The summed E-state index contributed by atoms with van der Waals surface area (Å²) in [6, 6.07) is 1.31. The Labute approximate surface area is 343 Å². The molecule has 1 saturated heterocycles. The number of amides is 4. The fraction of sp³-hybridized carbons (Fsp3) is 0.714. The molecule has 0 radical (unpaired) electrons. The van der Waals surface area contributed by atoms with Gasteiger partial charge in [-0.25, -0.2) is 19.9 Å². The molecule has 1 aromatic carbocycles. The van der Waals surface area contributed by atoms with Crippen LogP contribution in [0.2, 0.25) is 0 Å². The Balaban J connectivity index is 1.46. The fourth-order valence-electron chi connectivity index (χ4n) is 7.05. The number of carbonyl (C=O) groups excluding carboxylic acids is 5. The lowest BCUT2D eigenvalue weighted by atomic mass is 10.0. The molecule has 0 aromatic heterocycles. The van der Waals surface area contributed by atoms with Gasteiger partial charge in [0.05, 0.1) is 12.0 Å². The largest absolute Gasteiger partial charge is 0.507 e. The van der Waals surface area contributed by atoms with E-state index in [-0.39, 0.29) is 62.1 Å². The molecule has 1 fully saturated rings. The van der Waals surface area contributed by atoms with E-state index in [0.717, 1.165) is 19.3 Å². The molecule has 2 heterocycles. The van der Waals surface area contributed by atoms with Crippen LogP contribution in [0.3, 0.4) is 0 Å². The molecular formula is C42H68N6O10. The van der Waals surface area contributed by atoms with E-state index in [1.165, 1.54) is 76.8 Å². The second-order valence-electron chi connectivity index (χ2n) is 15.6. The van der Waals surface area contributed by atoms with E-state index in [2.05, 4.69) is 22.5 Å². The molecule has 326 valence electrons. The molecule has 16 heteroatoms. The first-order valence-electron chi connectivity index (χ1n) is 21.5. The maximum Gasteiger partial charge on any atom is 0.328 e. The normalized spacial score (nSPS) is 17.8. The van der Waals surface area contributed by atoms with E-state index in [1.807, 2.05) is 0 Å². The molecule has 2 aliphatic rings. The van der Waals surface area contributed by atoms with E-state index < -0.39 is 47.9 Å². The van der Waals surface area contributed by atoms with Crippen molar-refractivity contribution in [2.24, 2.45) is 4.99 Å². The van der Waals surface area contributed by atoms with Crippen LogP contribution in [-0.2, 0) is 33.4 Å². The van der Waals surface area contributed by atoms with Gasteiger partial charge in [0, 0.05) is 31.3 Å². The van der Waals surface area contributed by atoms with E-state index in [9.17, 15) is 39.5 Å². The van der Waals surface area contributed by atoms with Gasteiger partial charge in [0.15, 0.2) is 6.04 Å². The highest BCUT2D eigenvalue weighted by molar-refractivity contribution is 6.01. The minimum Gasteiger partial charge on any atom is -0.507 e. The highest BCUT2D eigenvalue weighted by Crippen LogP contribution is 2.24. The monoisotopic (exact) mass is 816 g/mol. The predicted molar refractivity (Wildman–Crippen MR) is 218 cm³/mol. The summed E-state index contributed by atoms with van der Waals surface area (Å²) in [5.74, 6) is -3.07. The number of phenols is 1. The molecule has 0 unspecified atom stereocenters. The van der Waals surface area contributed by atoms with E-state index in [4.69, 9.17) is 15.2 Å². The maximum atomic E-state index is 13.4. The van der Waals surface area contributed by atoms with Gasteiger partial charge in [0.1, 0.15) is 30.5 Å². The van der Waals surface area contributed by atoms with Crippen LogP contribution in [0.1, 0.15) is 154 Å². The average molecular weight is 817 g/mol. The Morgan fingerprint density at radius 2 is 1.64 bits per heavy atom. The second-order valence-corrected chi connectivity index (χ2v) is 15.6. The van der Waals surface area contributed by atoms with Gasteiger partial charge in [-0.1, -0.05) is 84.0 Å². The molecular weight excluding hydrogens is 748 g/mol. The molecule has 4 atom stereocenters. The lowest BCUT2D eigenvalue weighted by molar-refractivity contribution is -0.167. The summed E-state index contributed by atoms with van der Waals surface area (Å²) in [7, 11) is 0. The number of hydrogen-bond donors (Lipinski definition) is 6. The molecule has 2 aliphatic heterocycles. The van der Waals surface area contributed by atoms with Crippen molar-refractivity contribution in [3.63, 3.8) is 0 Å². The van der Waals surface area contributed by atoms with Crippen molar-refractivity contribution in [3.05, 3.63) is 23.8 Å². The number of nitrogens with two attached hydrogens (primary N) is 1. The van der Waals surface area contributed by atoms with Crippen molar-refractivity contribution in [1.29, 1.82) is 0 Å². The molecule has 1 aromatic rings. The number of nitrogens with one attached hydrogen (secondary N) is 2. The number of aliphatic imine (C=N–C) groups is 1. The van der Waals surface area contributed by atoms with Crippen LogP contribution in [0.5, 0.6) is 5.75 Å². The molecule has 4 amide bonds. The summed E-state index contributed by atoms with van der Waals surface area (Å²) in [5, 5.41) is 37.1. The zero-order valence-corrected chi connectivity index (χ0v) is 34.6. The fourth-order valence-corrected chi connectivity index (χ4v) is 7.05. The second kappa shape index (κ2) is 26.5. The number of nitrogens with zero attached hydrogens (tertiary/aromatic N) is 3.